The Morgan fingerprint density at radius 1 is 1.30 bits per heavy atom. The molecule has 5 nitrogen and oxygen atoms in total. The molecule has 3 heterocycles. The van der Waals surface area contributed by atoms with Gasteiger partial charge in [0.25, 0.3) is 0 Å². The first-order valence-electron chi connectivity index (χ1n) is 9.43. The monoisotopic (exact) mass is 383 g/mol. The Hall–Kier alpha value is -2.02. The summed E-state index contributed by atoms with van der Waals surface area (Å²) in [6.45, 7) is 4.06. The smallest absolute Gasteiger partial charge is 0.158 e. The lowest BCUT2D eigenvalue weighted by Gasteiger charge is -2.35. The largest absolute Gasteiger partial charge is 0.393 e. The molecule has 4 rings (SSSR count). The zero-order valence-corrected chi connectivity index (χ0v) is 16.6. The molecular weight excluding hydrogens is 358 g/mol. The van der Waals surface area contributed by atoms with E-state index in [1.807, 2.05) is 13.0 Å². The third kappa shape index (κ3) is 3.70. The standard InChI is InChI=1S/C21H25N3O2S/c1-14(25)16-9-6-10-24(11-16)20-19-17(15-7-4-3-5-8-15)13-27-21(19)23-18(22-20)12-26-2/h3-5,7-8,13-14,16,25H,6,9-12H2,1-2H3. The van der Waals surface area contributed by atoms with Gasteiger partial charge in [0.05, 0.1) is 11.5 Å². The Balaban J connectivity index is 1.84. The lowest BCUT2D eigenvalue weighted by molar-refractivity contribution is 0.115. The third-order valence-electron chi connectivity index (χ3n) is 5.26. The Morgan fingerprint density at radius 2 is 2.11 bits per heavy atom. The Labute approximate surface area is 163 Å². The second kappa shape index (κ2) is 7.92. The second-order valence-electron chi connectivity index (χ2n) is 7.18. The molecule has 142 valence electrons. The summed E-state index contributed by atoms with van der Waals surface area (Å²) in [7, 11) is 1.67. The van der Waals surface area contributed by atoms with E-state index in [2.05, 4.69) is 34.5 Å². The molecule has 27 heavy (non-hydrogen) atoms. The van der Waals surface area contributed by atoms with Gasteiger partial charge in [-0.25, -0.2) is 9.97 Å². The fourth-order valence-corrected chi connectivity index (χ4v) is 4.78. The Bertz CT molecular complexity index is 910. The minimum atomic E-state index is -0.306. The highest BCUT2D eigenvalue weighted by molar-refractivity contribution is 7.17. The van der Waals surface area contributed by atoms with Crippen LogP contribution in [-0.2, 0) is 11.3 Å². The number of methoxy groups -OCH3 is 1. The normalized spacial score (nSPS) is 18.8. The van der Waals surface area contributed by atoms with Crippen molar-refractivity contribution in [2.24, 2.45) is 5.92 Å². The fraction of sp³-hybridized carbons (Fsp3) is 0.429. The van der Waals surface area contributed by atoms with Crippen LogP contribution >= 0.6 is 11.3 Å². The number of aliphatic hydroxyl groups excluding tert-OH is 1. The topological polar surface area (TPSA) is 58.5 Å². The van der Waals surface area contributed by atoms with Crippen LogP contribution in [0, 0.1) is 5.92 Å². The lowest BCUT2D eigenvalue weighted by atomic mass is 9.93. The fourth-order valence-electron chi connectivity index (χ4n) is 3.82. The molecule has 1 N–H and O–H groups in total. The number of rotatable bonds is 5. The van der Waals surface area contributed by atoms with Gasteiger partial charge >= 0.3 is 0 Å². The number of ether oxygens (including phenoxy) is 1. The molecular formula is C21H25N3O2S. The van der Waals surface area contributed by atoms with Gasteiger partial charge in [-0.3, -0.25) is 0 Å². The molecule has 6 heteroatoms. The number of nitrogens with zero attached hydrogens (tertiary/aromatic N) is 3. The van der Waals surface area contributed by atoms with Gasteiger partial charge in [-0.05, 0) is 25.3 Å². The summed E-state index contributed by atoms with van der Waals surface area (Å²) in [5.41, 5.74) is 2.35. The van der Waals surface area contributed by atoms with E-state index < -0.39 is 0 Å². The van der Waals surface area contributed by atoms with Gasteiger partial charge in [-0.2, -0.15) is 0 Å². The van der Waals surface area contributed by atoms with Gasteiger partial charge in [-0.1, -0.05) is 30.3 Å². The van der Waals surface area contributed by atoms with Crippen LogP contribution in [0.2, 0.25) is 0 Å². The van der Waals surface area contributed by atoms with Crippen LogP contribution in [0.5, 0.6) is 0 Å². The number of fused-ring (bicyclic) bond motifs is 1. The van der Waals surface area contributed by atoms with E-state index in [1.165, 1.54) is 11.1 Å². The molecule has 2 unspecified atom stereocenters. The van der Waals surface area contributed by atoms with Crippen LogP contribution in [0.15, 0.2) is 35.7 Å². The van der Waals surface area contributed by atoms with Crippen molar-refractivity contribution in [3.05, 3.63) is 41.5 Å². The quantitative estimate of drug-likeness (QED) is 0.719. The molecule has 1 fully saturated rings. The summed E-state index contributed by atoms with van der Waals surface area (Å²) >= 11 is 1.65. The van der Waals surface area contributed by atoms with Crippen LogP contribution in [0.3, 0.4) is 0 Å². The summed E-state index contributed by atoms with van der Waals surface area (Å²) in [5, 5.41) is 13.4. The van der Waals surface area contributed by atoms with Gasteiger partial charge in [0.1, 0.15) is 17.3 Å². The van der Waals surface area contributed by atoms with Crippen molar-refractivity contribution in [1.29, 1.82) is 0 Å². The van der Waals surface area contributed by atoms with Gasteiger partial charge in [0.2, 0.25) is 0 Å². The summed E-state index contributed by atoms with van der Waals surface area (Å²) < 4.78 is 5.29. The second-order valence-corrected chi connectivity index (χ2v) is 8.04. The SMILES string of the molecule is COCc1nc(N2CCCC(C(C)O)C2)c2c(-c3ccccc3)csc2n1. The molecule has 0 bridgehead atoms. The predicted octanol–water partition coefficient (Wildman–Crippen LogP) is 4.10. The van der Waals surface area contributed by atoms with Crippen molar-refractivity contribution in [3.63, 3.8) is 0 Å². The zero-order chi connectivity index (χ0) is 18.8. The molecule has 2 aromatic heterocycles. The third-order valence-corrected chi connectivity index (χ3v) is 6.13. The minimum absolute atomic E-state index is 0.272. The number of aromatic nitrogens is 2. The summed E-state index contributed by atoms with van der Waals surface area (Å²) in [6.07, 6.45) is 1.81. The number of piperidine rings is 1. The van der Waals surface area contributed by atoms with Crippen LogP contribution in [0.25, 0.3) is 21.3 Å². The van der Waals surface area contributed by atoms with E-state index in [0.29, 0.717) is 12.4 Å². The van der Waals surface area contributed by atoms with E-state index in [-0.39, 0.29) is 12.0 Å². The minimum Gasteiger partial charge on any atom is -0.393 e. The molecule has 0 saturated carbocycles. The Kier molecular flexibility index (Phi) is 5.38. The number of aliphatic hydroxyl groups is 1. The molecule has 1 saturated heterocycles. The number of thiophene rings is 1. The number of anilines is 1. The Morgan fingerprint density at radius 3 is 2.85 bits per heavy atom. The molecule has 1 aromatic carbocycles. The van der Waals surface area contributed by atoms with E-state index in [0.717, 1.165) is 42.0 Å². The van der Waals surface area contributed by atoms with Crippen LogP contribution < -0.4 is 4.90 Å². The average Bonchev–Trinajstić information content (AvgIpc) is 3.12. The van der Waals surface area contributed by atoms with E-state index in [9.17, 15) is 5.11 Å². The van der Waals surface area contributed by atoms with Gasteiger partial charge in [0, 0.05) is 37.1 Å². The van der Waals surface area contributed by atoms with Crippen molar-refractivity contribution in [2.45, 2.75) is 32.5 Å². The summed E-state index contributed by atoms with van der Waals surface area (Å²) in [5.74, 6) is 1.95. The molecule has 3 aromatic rings. The lowest BCUT2D eigenvalue weighted by Crippen LogP contribution is -2.40. The van der Waals surface area contributed by atoms with Crippen molar-refractivity contribution < 1.29 is 9.84 Å². The molecule has 0 aliphatic carbocycles. The molecule has 0 spiro atoms. The molecule has 1 aliphatic rings. The maximum atomic E-state index is 10.1. The van der Waals surface area contributed by atoms with Crippen molar-refractivity contribution in [3.8, 4) is 11.1 Å². The summed E-state index contributed by atoms with van der Waals surface area (Å²) in [6, 6.07) is 10.4. The van der Waals surface area contributed by atoms with Crippen LogP contribution in [0.1, 0.15) is 25.6 Å². The highest BCUT2D eigenvalue weighted by atomic mass is 32.1. The van der Waals surface area contributed by atoms with Gasteiger partial charge in [0.15, 0.2) is 5.82 Å². The zero-order valence-electron chi connectivity index (χ0n) is 15.8. The molecule has 2 atom stereocenters. The number of hydrogen-bond donors (Lipinski definition) is 1. The maximum absolute atomic E-state index is 10.1. The first-order chi connectivity index (χ1) is 13.2. The molecule has 0 radical (unpaired) electrons. The van der Waals surface area contributed by atoms with Crippen molar-refractivity contribution in [1.82, 2.24) is 9.97 Å². The van der Waals surface area contributed by atoms with Crippen LogP contribution in [0.4, 0.5) is 5.82 Å². The maximum Gasteiger partial charge on any atom is 0.158 e. The van der Waals surface area contributed by atoms with E-state index >= 15 is 0 Å². The van der Waals surface area contributed by atoms with E-state index in [4.69, 9.17) is 14.7 Å². The van der Waals surface area contributed by atoms with Crippen LogP contribution in [-0.4, -0.2) is 41.4 Å². The molecule has 0 amide bonds. The van der Waals surface area contributed by atoms with Crippen molar-refractivity contribution >= 4 is 27.4 Å². The van der Waals surface area contributed by atoms with E-state index in [1.54, 1.807) is 18.4 Å². The first-order valence-corrected chi connectivity index (χ1v) is 10.3. The average molecular weight is 384 g/mol. The van der Waals surface area contributed by atoms with Gasteiger partial charge in [-0.15, -0.1) is 11.3 Å². The predicted molar refractivity (Wildman–Crippen MR) is 110 cm³/mol. The highest BCUT2D eigenvalue weighted by Crippen LogP contribution is 2.39. The van der Waals surface area contributed by atoms with Crippen molar-refractivity contribution in [2.75, 3.05) is 25.1 Å². The summed E-state index contributed by atoms with van der Waals surface area (Å²) in [4.78, 5) is 12.9. The number of hydrogen-bond acceptors (Lipinski definition) is 6. The number of benzene rings is 1. The first kappa shape index (κ1) is 18.3. The van der Waals surface area contributed by atoms with Gasteiger partial charge < -0.3 is 14.7 Å². The molecule has 1 aliphatic heterocycles. The highest BCUT2D eigenvalue weighted by Gasteiger charge is 2.27.